The van der Waals surface area contributed by atoms with E-state index in [2.05, 4.69) is 18.5 Å². The van der Waals surface area contributed by atoms with E-state index in [1.54, 1.807) is 0 Å². The van der Waals surface area contributed by atoms with E-state index in [1.165, 1.54) is 25.0 Å². The molecule has 0 atom stereocenters. The summed E-state index contributed by atoms with van der Waals surface area (Å²) < 4.78 is 0. The van der Waals surface area contributed by atoms with Crippen LogP contribution in [0.3, 0.4) is 0 Å². The highest BCUT2D eigenvalue weighted by Gasteiger charge is 2.06. The Bertz CT molecular complexity index is 101. The fraction of sp³-hybridized carbons (Fsp3) is 0.714. The van der Waals surface area contributed by atoms with Crippen molar-refractivity contribution < 1.29 is 0 Å². The van der Waals surface area contributed by atoms with Gasteiger partial charge in [-0.2, -0.15) is 0 Å². The number of halogens is 1. The minimum Gasteiger partial charge on any atom is -0.302 e. The molecule has 0 aromatic carbocycles. The molecule has 54 valence electrons. The highest BCUT2D eigenvalue weighted by atomic mass is 127. The van der Waals surface area contributed by atoms with Crippen molar-refractivity contribution in [2.24, 2.45) is 0 Å². The molecule has 9 heavy (non-hydrogen) atoms. The minimum atomic E-state index is 0. The van der Waals surface area contributed by atoms with Crippen LogP contribution in [0.1, 0.15) is 12.8 Å². The summed E-state index contributed by atoms with van der Waals surface area (Å²) >= 11 is 0. The first kappa shape index (κ1) is 9.43. The maximum atomic E-state index is 3.92. The third-order valence-corrected chi connectivity index (χ3v) is 1.56. The zero-order chi connectivity index (χ0) is 5.98. The summed E-state index contributed by atoms with van der Waals surface area (Å²) in [4.78, 5) is 2.31. The van der Waals surface area contributed by atoms with Crippen LogP contribution < -0.4 is 0 Å². The lowest BCUT2D eigenvalue weighted by molar-refractivity contribution is 0.323. The van der Waals surface area contributed by atoms with Crippen LogP contribution >= 0.6 is 24.0 Å². The van der Waals surface area contributed by atoms with E-state index in [9.17, 15) is 0 Å². The van der Waals surface area contributed by atoms with Crippen LogP contribution in [-0.2, 0) is 0 Å². The number of likely N-dealkylation sites (N-methyl/N-ethyl adjacent to an activating group) is 1. The number of likely N-dealkylation sites (tertiary alicyclic amines) is 1. The smallest absolute Gasteiger partial charge is 0.0187 e. The molecule has 0 aliphatic carbocycles. The van der Waals surface area contributed by atoms with Crippen molar-refractivity contribution in [3.63, 3.8) is 0 Å². The van der Waals surface area contributed by atoms with Crippen LogP contribution in [0.25, 0.3) is 0 Å². The molecule has 1 aliphatic heterocycles. The van der Waals surface area contributed by atoms with Crippen LogP contribution in [0.15, 0.2) is 12.2 Å². The molecule has 0 amide bonds. The number of hydrogen-bond acceptors (Lipinski definition) is 1. The fourth-order valence-electron chi connectivity index (χ4n) is 1.14. The summed E-state index contributed by atoms with van der Waals surface area (Å²) in [6.07, 6.45) is 2.54. The molecule has 1 heterocycles. The second kappa shape index (κ2) is 4.28. The van der Waals surface area contributed by atoms with Crippen LogP contribution in [0.5, 0.6) is 0 Å². The van der Waals surface area contributed by atoms with Crippen molar-refractivity contribution in [2.75, 3.05) is 20.1 Å². The normalized spacial score (nSPS) is 21.2. The SMILES string of the molecule is C=C1CCCN(C)C1.I. The van der Waals surface area contributed by atoms with Crippen LogP contribution in [0.4, 0.5) is 0 Å². The van der Waals surface area contributed by atoms with E-state index < -0.39 is 0 Å². The van der Waals surface area contributed by atoms with Gasteiger partial charge in [-0.15, -0.1) is 24.0 Å². The van der Waals surface area contributed by atoms with Crippen molar-refractivity contribution in [2.45, 2.75) is 12.8 Å². The second-order valence-corrected chi connectivity index (χ2v) is 2.59. The lowest BCUT2D eigenvalue weighted by Crippen LogP contribution is -2.26. The van der Waals surface area contributed by atoms with Gasteiger partial charge in [-0.3, -0.25) is 0 Å². The molecule has 0 unspecified atom stereocenters. The van der Waals surface area contributed by atoms with Crippen molar-refractivity contribution in [3.8, 4) is 0 Å². The fourth-order valence-corrected chi connectivity index (χ4v) is 1.14. The molecule has 2 heteroatoms. The number of hydrogen-bond donors (Lipinski definition) is 0. The maximum Gasteiger partial charge on any atom is 0.0187 e. The van der Waals surface area contributed by atoms with Gasteiger partial charge < -0.3 is 4.90 Å². The monoisotopic (exact) mass is 239 g/mol. The second-order valence-electron chi connectivity index (χ2n) is 2.59. The molecule has 0 saturated carbocycles. The molecular formula is C7H14IN. The molecule has 1 rings (SSSR count). The predicted octanol–water partition coefficient (Wildman–Crippen LogP) is 1.89. The van der Waals surface area contributed by atoms with Crippen LogP contribution in [0, 0.1) is 0 Å². The van der Waals surface area contributed by atoms with E-state index >= 15 is 0 Å². The molecule has 0 spiro atoms. The number of rotatable bonds is 0. The molecule has 1 saturated heterocycles. The zero-order valence-electron chi connectivity index (χ0n) is 5.89. The van der Waals surface area contributed by atoms with Gasteiger partial charge in [-0.05, 0) is 26.4 Å². The van der Waals surface area contributed by atoms with E-state index in [-0.39, 0.29) is 24.0 Å². The predicted molar refractivity (Wildman–Crippen MR) is 51.3 cm³/mol. The van der Waals surface area contributed by atoms with Gasteiger partial charge in [0, 0.05) is 6.54 Å². The summed E-state index contributed by atoms with van der Waals surface area (Å²) in [6.45, 7) is 6.28. The molecule has 0 N–H and O–H groups in total. The first-order valence-corrected chi connectivity index (χ1v) is 3.14. The topological polar surface area (TPSA) is 3.24 Å². The molecule has 1 aliphatic rings. The Kier molecular flexibility index (Phi) is 4.48. The van der Waals surface area contributed by atoms with Gasteiger partial charge in [0.05, 0.1) is 0 Å². The molecule has 0 bridgehead atoms. The van der Waals surface area contributed by atoms with Gasteiger partial charge in [0.2, 0.25) is 0 Å². The third-order valence-electron chi connectivity index (χ3n) is 1.56. The standard InChI is InChI=1S/C7H13N.HI/c1-7-4-3-5-8(2)6-7;/h1,3-6H2,2H3;1H. The summed E-state index contributed by atoms with van der Waals surface area (Å²) in [5, 5.41) is 0. The van der Waals surface area contributed by atoms with Crippen LogP contribution in [-0.4, -0.2) is 25.0 Å². The molecule has 1 fully saturated rings. The average molecular weight is 239 g/mol. The van der Waals surface area contributed by atoms with Crippen LogP contribution in [0.2, 0.25) is 0 Å². The molecule has 1 nitrogen and oxygen atoms in total. The van der Waals surface area contributed by atoms with Gasteiger partial charge in [-0.25, -0.2) is 0 Å². The number of piperidine rings is 1. The molecule has 0 aromatic rings. The minimum absolute atomic E-state index is 0. The van der Waals surface area contributed by atoms with Gasteiger partial charge in [0.25, 0.3) is 0 Å². The van der Waals surface area contributed by atoms with Crippen molar-refractivity contribution in [1.82, 2.24) is 4.90 Å². The van der Waals surface area contributed by atoms with Crippen molar-refractivity contribution >= 4 is 24.0 Å². The Morgan fingerprint density at radius 1 is 1.56 bits per heavy atom. The zero-order valence-corrected chi connectivity index (χ0v) is 8.22. The maximum absolute atomic E-state index is 3.92. The summed E-state index contributed by atoms with van der Waals surface area (Å²) in [5.41, 5.74) is 1.39. The first-order valence-electron chi connectivity index (χ1n) is 3.14. The van der Waals surface area contributed by atoms with Gasteiger partial charge >= 0.3 is 0 Å². The molecular weight excluding hydrogens is 225 g/mol. The number of nitrogens with zero attached hydrogens (tertiary/aromatic N) is 1. The van der Waals surface area contributed by atoms with E-state index in [1.807, 2.05) is 0 Å². The van der Waals surface area contributed by atoms with Gasteiger partial charge in [0.15, 0.2) is 0 Å². The largest absolute Gasteiger partial charge is 0.302 e. The van der Waals surface area contributed by atoms with E-state index in [0.717, 1.165) is 6.54 Å². The van der Waals surface area contributed by atoms with E-state index in [0.29, 0.717) is 0 Å². The highest BCUT2D eigenvalue weighted by molar-refractivity contribution is 14.0. The van der Waals surface area contributed by atoms with E-state index in [4.69, 9.17) is 0 Å². The van der Waals surface area contributed by atoms with Gasteiger partial charge in [0.1, 0.15) is 0 Å². The Labute approximate surface area is 74.1 Å². The third kappa shape index (κ3) is 3.20. The summed E-state index contributed by atoms with van der Waals surface area (Å²) in [7, 11) is 2.14. The quantitative estimate of drug-likeness (QED) is 0.461. The Morgan fingerprint density at radius 2 is 2.22 bits per heavy atom. The van der Waals surface area contributed by atoms with Crippen molar-refractivity contribution in [1.29, 1.82) is 0 Å². The first-order chi connectivity index (χ1) is 3.79. The lowest BCUT2D eigenvalue weighted by Gasteiger charge is -2.23. The Morgan fingerprint density at radius 3 is 2.56 bits per heavy atom. The lowest BCUT2D eigenvalue weighted by atomic mass is 10.1. The molecule has 0 radical (unpaired) electrons. The van der Waals surface area contributed by atoms with Crippen molar-refractivity contribution in [3.05, 3.63) is 12.2 Å². The Balaban J connectivity index is 0.000000640. The molecule has 0 aromatic heterocycles. The van der Waals surface area contributed by atoms with Gasteiger partial charge in [-0.1, -0.05) is 12.2 Å². The summed E-state index contributed by atoms with van der Waals surface area (Å²) in [5.74, 6) is 0. The summed E-state index contributed by atoms with van der Waals surface area (Å²) in [6, 6.07) is 0. The highest BCUT2D eigenvalue weighted by Crippen LogP contribution is 2.10. The average Bonchev–Trinajstić information content (AvgIpc) is 1.64. The Hall–Kier alpha value is 0.430.